The van der Waals surface area contributed by atoms with Crippen LogP contribution in [0.15, 0.2) is 103 Å². The number of imide groups is 1. The zero-order valence-corrected chi connectivity index (χ0v) is 36.7. The van der Waals surface area contributed by atoms with Gasteiger partial charge in [-0.3, -0.25) is 39.0 Å². The van der Waals surface area contributed by atoms with Crippen LogP contribution in [-0.2, 0) is 25.7 Å². The van der Waals surface area contributed by atoms with Crippen LogP contribution in [0.4, 0.5) is 11.4 Å². The van der Waals surface area contributed by atoms with Gasteiger partial charge in [-0.2, -0.15) is 0 Å². The summed E-state index contributed by atoms with van der Waals surface area (Å²) in [6.45, 7) is 3.95. The van der Waals surface area contributed by atoms with Gasteiger partial charge in [-0.15, -0.1) is 0 Å². The van der Waals surface area contributed by atoms with Gasteiger partial charge >= 0.3 is 0 Å². The van der Waals surface area contributed by atoms with Gasteiger partial charge in [0.1, 0.15) is 23.4 Å². The molecule has 14 nitrogen and oxygen atoms in total. The molecule has 0 aromatic heterocycles. The number of rotatable bonds is 17. The quantitative estimate of drug-likeness (QED) is 0.0251. The fraction of sp³-hybridized carbons (Fsp3) is 0.365. The molecule has 4 aromatic rings. The number of likely N-dealkylation sites (tertiary alicyclic amines) is 1. The van der Waals surface area contributed by atoms with Crippen LogP contribution in [0.2, 0.25) is 0 Å². The first-order valence-corrected chi connectivity index (χ1v) is 22.9. The van der Waals surface area contributed by atoms with Crippen molar-refractivity contribution in [2.45, 2.75) is 95.1 Å². The summed E-state index contributed by atoms with van der Waals surface area (Å²) in [5.74, 6) is -0.305. The minimum absolute atomic E-state index is 0.0301. The summed E-state index contributed by atoms with van der Waals surface area (Å²) in [5, 5.41) is 11.0. The Balaban J connectivity index is 0.647. The summed E-state index contributed by atoms with van der Waals surface area (Å²) >= 11 is 0. The second kappa shape index (κ2) is 19.8. The Kier molecular flexibility index (Phi) is 13.3. The number of nitrogens with zero attached hydrogens (tertiary/aromatic N) is 4. The number of hydrogen-bond donors (Lipinski definition) is 0. The highest BCUT2D eigenvalue weighted by atomic mass is 16.6. The summed E-state index contributed by atoms with van der Waals surface area (Å²) < 4.78 is 18.7. The van der Waals surface area contributed by atoms with E-state index in [0.29, 0.717) is 24.5 Å². The Morgan fingerprint density at radius 2 is 1.47 bits per heavy atom. The maximum atomic E-state index is 13.7. The Hall–Kier alpha value is -6.77. The highest BCUT2D eigenvalue weighted by Gasteiger charge is 2.44. The van der Waals surface area contributed by atoms with Crippen molar-refractivity contribution in [3.63, 3.8) is 0 Å². The zero-order chi connectivity index (χ0) is 45.7. The SMILES string of the molecule is O=C1CCC(N2C(=O)c3ccc(OCCCCCN4CCC(OC5CC(Oc6ccc(CN7C(=O)C(=CC=Cc8ccc([N+](=O)[O-])cc8)c8ccccc87)cc6)C5)CC4)cc3C2=O)C(=O)C1. The number of benzene rings is 4. The van der Waals surface area contributed by atoms with E-state index in [1.807, 2.05) is 54.6 Å². The lowest BCUT2D eigenvalue weighted by molar-refractivity contribution is -0.384. The summed E-state index contributed by atoms with van der Waals surface area (Å²) in [6.07, 6.45) is 12.8. The largest absolute Gasteiger partial charge is 0.494 e. The lowest BCUT2D eigenvalue weighted by Crippen LogP contribution is -2.47. The number of unbranched alkanes of at least 4 members (excludes halogenated alkanes) is 2. The molecule has 3 heterocycles. The van der Waals surface area contributed by atoms with E-state index < -0.39 is 22.8 Å². The Bertz CT molecular complexity index is 2570. The number of fused-ring (bicyclic) bond motifs is 2. The number of hydrogen-bond acceptors (Lipinski definition) is 11. The first kappa shape index (κ1) is 44.4. The molecule has 4 aromatic carbocycles. The molecule has 340 valence electrons. The van der Waals surface area contributed by atoms with Gasteiger partial charge in [0.25, 0.3) is 23.4 Å². The molecule has 0 bridgehead atoms. The van der Waals surface area contributed by atoms with Gasteiger partial charge in [0.15, 0.2) is 5.78 Å². The fourth-order valence-electron chi connectivity index (χ4n) is 9.45. The van der Waals surface area contributed by atoms with Crippen molar-refractivity contribution < 1.29 is 43.1 Å². The number of carbonyl (C=O) groups is 5. The van der Waals surface area contributed by atoms with Crippen molar-refractivity contribution in [2.75, 3.05) is 31.1 Å². The minimum Gasteiger partial charge on any atom is -0.494 e. The minimum atomic E-state index is -0.883. The van der Waals surface area contributed by atoms with Gasteiger partial charge in [-0.25, -0.2) is 0 Å². The van der Waals surface area contributed by atoms with Crippen LogP contribution in [0.25, 0.3) is 11.6 Å². The fourth-order valence-corrected chi connectivity index (χ4v) is 9.45. The highest BCUT2D eigenvalue weighted by Crippen LogP contribution is 2.38. The van der Waals surface area contributed by atoms with Crippen molar-refractivity contribution in [1.29, 1.82) is 0 Å². The van der Waals surface area contributed by atoms with Crippen molar-refractivity contribution in [1.82, 2.24) is 9.80 Å². The third-order valence-corrected chi connectivity index (χ3v) is 13.2. The lowest BCUT2D eigenvalue weighted by atomic mass is 9.91. The van der Waals surface area contributed by atoms with Crippen LogP contribution in [0.1, 0.15) is 102 Å². The molecule has 0 N–H and O–H groups in total. The second-order valence-electron chi connectivity index (χ2n) is 17.7. The number of Topliss-reactive ketones (excluding diaryl/α,β-unsaturated/α-hetero) is 2. The number of carbonyl (C=O) groups excluding carboxylic acids is 5. The predicted octanol–water partition coefficient (Wildman–Crippen LogP) is 8.17. The van der Waals surface area contributed by atoms with Crippen molar-refractivity contribution in [3.05, 3.63) is 141 Å². The smallest absolute Gasteiger partial charge is 0.269 e. The van der Waals surface area contributed by atoms with Crippen molar-refractivity contribution in [3.8, 4) is 11.5 Å². The van der Waals surface area contributed by atoms with E-state index in [9.17, 15) is 34.1 Å². The topological polar surface area (TPSA) is 166 Å². The van der Waals surface area contributed by atoms with Crippen molar-refractivity contribution in [2.24, 2.45) is 0 Å². The molecule has 2 saturated carbocycles. The summed E-state index contributed by atoms with van der Waals surface area (Å²) in [7, 11) is 0. The number of allylic oxidation sites excluding steroid dienone is 2. The van der Waals surface area contributed by atoms with Gasteiger partial charge in [0.05, 0.1) is 59.6 Å². The number of ether oxygens (including phenoxy) is 3. The van der Waals surface area contributed by atoms with Crippen LogP contribution in [0.5, 0.6) is 11.5 Å². The Labute approximate surface area is 382 Å². The Morgan fingerprint density at radius 1 is 0.727 bits per heavy atom. The Morgan fingerprint density at radius 3 is 2.23 bits per heavy atom. The molecular weight excluding hydrogens is 841 g/mol. The molecule has 66 heavy (non-hydrogen) atoms. The lowest BCUT2D eigenvalue weighted by Gasteiger charge is -2.40. The molecule has 5 aliphatic rings. The molecule has 1 atom stereocenters. The van der Waals surface area contributed by atoms with E-state index in [1.54, 1.807) is 47.4 Å². The van der Waals surface area contributed by atoms with Crippen LogP contribution in [0, 0.1) is 10.1 Å². The summed E-state index contributed by atoms with van der Waals surface area (Å²) in [4.78, 5) is 79.7. The second-order valence-corrected chi connectivity index (χ2v) is 17.7. The van der Waals surface area contributed by atoms with Gasteiger partial charge in [0.2, 0.25) is 0 Å². The van der Waals surface area contributed by atoms with Crippen LogP contribution in [0.3, 0.4) is 0 Å². The van der Waals surface area contributed by atoms with E-state index in [1.165, 1.54) is 12.1 Å². The molecule has 2 aliphatic carbocycles. The standard InChI is InChI=1S/C52H52N4O10/c57-37-17-22-48(49(58)29-37)55-51(60)45-21-20-40(32-46(45)52(55)61)64-28-5-1-4-25-53-26-23-39(24-27-53)66-42-30-41(31-42)65-38-18-13-35(14-19-38)33-54-47-10-3-2-8-43(47)44(50(54)59)9-6-7-34-11-15-36(16-12-34)56(62)63/h2-3,6-16,18-21,32,39,41-42,48H,1,4-5,17,22-31,33H2. The average molecular weight is 893 g/mol. The van der Waals surface area contributed by atoms with E-state index in [0.717, 1.165) is 97.6 Å². The summed E-state index contributed by atoms with van der Waals surface area (Å²) in [6, 6.07) is 25.9. The van der Waals surface area contributed by atoms with E-state index in [4.69, 9.17) is 14.2 Å². The molecule has 0 spiro atoms. The first-order chi connectivity index (χ1) is 32.1. The number of non-ortho nitro benzene ring substituents is 1. The monoisotopic (exact) mass is 892 g/mol. The first-order valence-electron chi connectivity index (χ1n) is 22.9. The number of anilines is 1. The zero-order valence-electron chi connectivity index (χ0n) is 36.7. The predicted molar refractivity (Wildman–Crippen MR) is 246 cm³/mol. The molecule has 1 unspecified atom stereocenters. The molecule has 0 radical (unpaired) electrons. The number of para-hydroxylation sites is 1. The average Bonchev–Trinajstić information content (AvgIpc) is 3.71. The van der Waals surface area contributed by atoms with E-state index in [-0.39, 0.29) is 71.9 Å². The van der Waals surface area contributed by atoms with E-state index >= 15 is 0 Å². The molecule has 3 fully saturated rings. The third kappa shape index (κ3) is 9.89. The number of ketones is 2. The number of piperidine rings is 1. The van der Waals surface area contributed by atoms with E-state index in [2.05, 4.69) is 4.90 Å². The molecule has 1 saturated heterocycles. The van der Waals surface area contributed by atoms with Gasteiger partial charge in [-0.05, 0) is 111 Å². The van der Waals surface area contributed by atoms with Crippen LogP contribution < -0.4 is 14.4 Å². The maximum Gasteiger partial charge on any atom is 0.269 e. The van der Waals surface area contributed by atoms with Gasteiger partial charge in [0, 0.05) is 55.6 Å². The molecular formula is C52H52N4O10. The number of nitro benzene ring substituents is 1. The maximum absolute atomic E-state index is 13.7. The summed E-state index contributed by atoms with van der Waals surface area (Å²) in [5.41, 5.74) is 4.62. The van der Waals surface area contributed by atoms with Gasteiger partial charge in [-0.1, -0.05) is 42.5 Å². The van der Waals surface area contributed by atoms with Crippen molar-refractivity contribution >= 4 is 52.3 Å². The molecule has 9 rings (SSSR count). The number of nitro groups is 1. The molecule has 3 aliphatic heterocycles. The molecule has 3 amide bonds. The normalized spacial score (nSPS) is 21.7. The highest BCUT2D eigenvalue weighted by molar-refractivity contribution is 6.32. The van der Waals surface area contributed by atoms with Gasteiger partial charge < -0.3 is 24.0 Å². The van der Waals surface area contributed by atoms with Crippen LogP contribution >= 0.6 is 0 Å². The van der Waals surface area contributed by atoms with Crippen LogP contribution in [-0.4, -0.2) is 94.6 Å². The third-order valence-electron chi connectivity index (χ3n) is 13.2. The molecule has 14 heteroatoms. The number of amides is 3.